The van der Waals surface area contributed by atoms with Crippen LogP contribution >= 0.6 is 0 Å². The highest BCUT2D eigenvalue weighted by atomic mass is 16.2. The van der Waals surface area contributed by atoms with E-state index < -0.39 is 0 Å². The second-order valence-corrected chi connectivity index (χ2v) is 9.16. The SMILES string of the molecule is CCCCCCCCCN(CCCCCCCCC)CC1CCN(C(C)=O)C1. The van der Waals surface area contributed by atoms with E-state index in [0.29, 0.717) is 5.92 Å². The Hall–Kier alpha value is -0.570. The van der Waals surface area contributed by atoms with E-state index in [2.05, 4.69) is 18.7 Å². The minimum atomic E-state index is 0.258. The molecule has 0 aromatic carbocycles. The van der Waals surface area contributed by atoms with Gasteiger partial charge < -0.3 is 9.80 Å². The fraction of sp³-hybridized carbons (Fsp3) is 0.960. The van der Waals surface area contributed by atoms with Crippen molar-refractivity contribution in [1.82, 2.24) is 9.80 Å². The summed E-state index contributed by atoms with van der Waals surface area (Å²) in [4.78, 5) is 16.4. The number of rotatable bonds is 18. The Morgan fingerprint density at radius 2 is 1.25 bits per heavy atom. The summed E-state index contributed by atoms with van der Waals surface area (Å²) in [5, 5.41) is 0. The molecule has 1 rings (SSSR count). The molecule has 1 unspecified atom stereocenters. The highest BCUT2D eigenvalue weighted by Gasteiger charge is 2.25. The third-order valence-corrected chi connectivity index (χ3v) is 6.40. The molecule has 0 saturated carbocycles. The average molecular weight is 395 g/mol. The molecule has 1 heterocycles. The maximum atomic E-state index is 11.6. The normalized spacial score (nSPS) is 17.0. The fourth-order valence-corrected chi connectivity index (χ4v) is 4.51. The van der Waals surface area contributed by atoms with Crippen LogP contribution in [-0.4, -0.2) is 48.4 Å². The molecule has 1 saturated heterocycles. The summed E-state index contributed by atoms with van der Waals surface area (Å²) in [7, 11) is 0. The van der Waals surface area contributed by atoms with Gasteiger partial charge in [-0.05, 0) is 38.3 Å². The van der Waals surface area contributed by atoms with E-state index in [0.717, 1.165) is 13.1 Å². The second-order valence-electron chi connectivity index (χ2n) is 9.16. The summed E-state index contributed by atoms with van der Waals surface area (Å²) in [6, 6.07) is 0. The molecular formula is C25H50N2O. The van der Waals surface area contributed by atoms with Crippen molar-refractivity contribution in [1.29, 1.82) is 0 Å². The molecule has 1 atom stereocenters. The largest absolute Gasteiger partial charge is 0.343 e. The van der Waals surface area contributed by atoms with Crippen molar-refractivity contribution < 1.29 is 4.79 Å². The molecular weight excluding hydrogens is 344 g/mol. The van der Waals surface area contributed by atoms with Crippen molar-refractivity contribution in [3.8, 4) is 0 Å². The van der Waals surface area contributed by atoms with Gasteiger partial charge in [0.1, 0.15) is 0 Å². The first-order chi connectivity index (χ1) is 13.7. The minimum Gasteiger partial charge on any atom is -0.343 e. The molecule has 1 aliphatic heterocycles. The first-order valence-corrected chi connectivity index (χ1v) is 12.6. The lowest BCUT2D eigenvalue weighted by Gasteiger charge is -2.26. The Bertz CT molecular complexity index is 354. The number of likely N-dealkylation sites (tertiary alicyclic amines) is 1. The zero-order chi connectivity index (χ0) is 20.5. The Labute approximate surface area is 176 Å². The second kappa shape index (κ2) is 17.3. The molecule has 0 aromatic rings. The highest BCUT2D eigenvalue weighted by molar-refractivity contribution is 5.73. The van der Waals surface area contributed by atoms with Gasteiger partial charge in [-0.3, -0.25) is 4.79 Å². The molecule has 0 N–H and O–H groups in total. The quantitative estimate of drug-likeness (QED) is 0.243. The van der Waals surface area contributed by atoms with Gasteiger partial charge >= 0.3 is 0 Å². The summed E-state index contributed by atoms with van der Waals surface area (Å²) >= 11 is 0. The Kier molecular flexibility index (Phi) is 15.7. The van der Waals surface area contributed by atoms with E-state index in [-0.39, 0.29) is 5.91 Å². The molecule has 166 valence electrons. The van der Waals surface area contributed by atoms with E-state index in [1.165, 1.54) is 116 Å². The summed E-state index contributed by atoms with van der Waals surface area (Å²) in [5.74, 6) is 0.950. The van der Waals surface area contributed by atoms with E-state index in [9.17, 15) is 4.79 Å². The minimum absolute atomic E-state index is 0.258. The number of carbonyl (C=O) groups excluding carboxylic acids is 1. The van der Waals surface area contributed by atoms with Crippen LogP contribution in [0.5, 0.6) is 0 Å². The van der Waals surface area contributed by atoms with Crippen molar-refractivity contribution in [3.05, 3.63) is 0 Å². The van der Waals surface area contributed by atoms with Crippen molar-refractivity contribution in [2.24, 2.45) is 5.92 Å². The molecule has 0 radical (unpaired) electrons. The van der Waals surface area contributed by atoms with E-state index >= 15 is 0 Å². The van der Waals surface area contributed by atoms with Crippen molar-refractivity contribution in [3.63, 3.8) is 0 Å². The van der Waals surface area contributed by atoms with Crippen molar-refractivity contribution in [2.45, 2.75) is 117 Å². The standard InChI is InChI=1S/C25H50N2O/c1-4-6-8-10-12-14-16-19-26(20-17-15-13-11-9-7-5-2)22-25-18-21-27(23-25)24(3)28/h25H,4-23H2,1-3H3. The predicted molar refractivity (Wildman–Crippen MR) is 123 cm³/mol. The lowest BCUT2D eigenvalue weighted by Crippen LogP contribution is -2.33. The number of hydrogen-bond acceptors (Lipinski definition) is 2. The maximum absolute atomic E-state index is 11.6. The third-order valence-electron chi connectivity index (χ3n) is 6.40. The Morgan fingerprint density at radius 3 is 1.68 bits per heavy atom. The fourth-order valence-electron chi connectivity index (χ4n) is 4.51. The number of hydrogen-bond donors (Lipinski definition) is 0. The van der Waals surface area contributed by atoms with Crippen LogP contribution in [0.25, 0.3) is 0 Å². The van der Waals surface area contributed by atoms with Crippen LogP contribution in [0.4, 0.5) is 0 Å². The van der Waals surface area contributed by atoms with Crippen molar-refractivity contribution in [2.75, 3.05) is 32.7 Å². The van der Waals surface area contributed by atoms with E-state index in [1.54, 1.807) is 6.92 Å². The van der Waals surface area contributed by atoms with Gasteiger partial charge in [0, 0.05) is 26.6 Å². The Balaban J connectivity index is 2.24. The van der Waals surface area contributed by atoms with E-state index in [1.807, 2.05) is 4.90 Å². The van der Waals surface area contributed by atoms with Gasteiger partial charge in [0.25, 0.3) is 0 Å². The molecule has 1 amide bonds. The zero-order valence-electron chi connectivity index (χ0n) is 19.5. The van der Waals surface area contributed by atoms with Gasteiger partial charge in [0.15, 0.2) is 0 Å². The third kappa shape index (κ3) is 12.8. The first-order valence-electron chi connectivity index (χ1n) is 12.6. The van der Waals surface area contributed by atoms with Crippen LogP contribution in [0.15, 0.2) is 0 Å². The van der Waals surface area contributed by atoms with Crippen LogP contribution in [-0.2, 0) is 4.79 Å². The van der Waals surface area contributed by atoms with Crippen LogP contribution in [0.3, 0.4) is 0 Å². The molecule has 1 aliphatic rings. The van der Waals surface area contributed by atoms with Gasteiger partial charge in [-0.2, -0.15) is 0 Å². The molecule has 0 spiro atoms. The molecule has 3 heteroatoms. The molecule has 0 aliphatic carbocycles. The molecule has 3 nitrogen and oxygen atoms in total. The number of amides is 1. The van der Waals surface area contributed by atoms with Crippen LogP contribution in [0.1, 0.15) is 117 Å². The smallest absolute Gasteiger partial charge is 0.219 e. The van der Waals surface area contributed by atoms with E-state index in [4.69, 9.17) is 0 Å². The lowest BCUT2D eigenvalue weighted by molar-refractivity contribution is -0.127. The van der Waals surface area contributed by atoms with Gasteiger partial charge in [0.2, 0.25) is 5.91 Å². The summed E-state index contributed by atoms with van der Waals surface area (Å²) in [5.41, 5.74) is 0. The van der Waals surface area contributed by atoms with Gasteiger partial charge in [-0.25, -0.2) is 0 Å². The van der Waals surface area contributed by atoms with Crippen LogP contribution < -0.4 is 0 Å². The summed E-state index contributed by atoms with van der Waals surface area (Å²) < 4.78 is 0. The molecule has 0 bridgehead atoms. The number of unbranched alkanes of at least 4 members (excludes halogenated alkanes) is 12. The summed E-state index contributed by atoms with van der Waals surface area (Å²) in [6.07, 6.45) is 20.7. The molecule has 0 aromatic heterocycles. The molecule has 1 fully saturated rings. The average Bonchev–Trinajstić information content (AvgIpc) is 3.15. The Morgan fingerprint density at radius 1 is 0.786 bits per heavy atom. The maximum Gasteiger partial charge on any atom is 0.219 e. The van der Waals surface area contributed by atoms with Crippen LogP contribution in [0.2, 0.25) is 0 Å². The zero-order valence-corrected chi connectivity index (χ0v) is 19.5. The van der Waals surface area contributed by atoms with Crippen molar-refractivity contribution >= 4 is 5.91 Å². The number of carbonyl (C=O) groups is 1. The summed E-state index contributed by atoms with van der Waals surface area (Å²) in [6.45, 7) is 12.0. The monoisotopic (exact) mass is 394 g/mol. The molecule has 28 heavy (non-hydrogen) atoms. The van der Waals surface area contributed by atoms with Gasteiger partial charge in [0.05, 0.1) is 0 Å². The van der Waals surface area contributed by atoms with Gasteiger partial charge in [-0.1, -0.05) is 90.9 Å². The highest BCUT2D eigenvalue weighted by Crippen LogP contribution is 2.19. The predicted octanol–water partition coefficient (Wildman–Crippen LogP) is 6.66. The number of nitrogens with zero attached hydrogens (tertiary/aromatic N) is 2. The lowest BCUT2D eigenvalue weighted by atomic mass is 10.1. The first kappa shape index (κ1) is 25.5. The topological polar surface area (TPSA) is 23.6 Å². The van der Waals surface area contributed by atoms with Gasteiger partial charge in [-0.15, -0.1) is 0 Å². The van der Waals surface area contributed by atoms with Crippen LogP contribution in [0, 0.1) is 5.92 Å².